The van der Waals surface area contributed by atoms with E-state index in [0.717, 1.165) is 34.3 Å². The number of nitrogens with one attached hydrogen (secondary N) is 1. The van der Waals surface area contributed by atoms with E-state index in [-0.39, 0.29) is 17.6 Å². The number of para-hydroxylation sites is 1. The van der Waals surface area contributed by atoms with Crippen molar-refractivity contribution in [3.05, 3.63) is 82.2 Å². The van der Waals surface area contributed by atoms with Gasteiger partial charge in [-0.15, -0.1) is 5.73 Å². The van der Waals surface area contributed by atoms with Crippen LogP contribution in [-0.2, 0) is 6.42 Å². The molecule has 4 nitrogen and oxygen atoms in total. The van der Waals surface area contributed by atoms with Crippen LogP contribution >= 0.6 is 0 Å². The lowest BCUT2D eigenvalue weighted by molar-refractivity contribution is 0.112. The van der Waals surface area contributed by atoms with Crippen LogP contribution in [0.4, 0.5) is 8.78 Å². The van der Waals surface area contributed by atoms with E-state index < -0.39 is 23.4 Å². The normalized spacial score (nSPS) is 23.4. The summed E-state index contributed by atoms with van der Waals surface area (Å²) in [5, 5.41) is 20.0. The summed E-state index contributed by atoms with van der Waals surface area (Å²) >= 11 is 0. The Balaban J connectivity index is 1.74. The lowest BCUT2D eigenvalue weighted by atomic mass is 9.86. The summed E-state index contributed by atoms with van der Waals surface area (Å²) in [6.07, 6.45) is 2.98. The minimum Gasteiger partial charge on any atom is -0.508 e. The van der Waals surface area contributed by atoms with E-state index >= 15 is 8.78 Å². The molecule has 2 aromatic carbocycles. The summed E-state index contributed by atoms with van der Waals surface area (Å²) in [6, 6.07) is 10.9. The van der Waals surface area contributed by atoms with Crippen LogP contribution in [0.1, 0.15) is 36.2 Å². The van der Waals surface area contributed by atoms with Crippen molar-refractivity contribution in [3.8, 4) is 11.8 Å². The SMILES string of the molecule is C[C@@H]1Cc2c([nH]c3ccccc23)[C@@H](c2c(F)cc(O)cc2F)N1C1C=C=C(C#N)C1. The number of phenols is 1. The Morgan fingerprint density at radius 1 is 1.20 bits per heavy atom. The Hall–Kier alpha value is -3.39. The maximum Gasteiger partial charge on any atom is 0.135 e. The van der Waals surface area contributed by atoms with E-state index in [1.54, 1.807) is 0 Å². The molecular formula is C24H19F2N3O. The summed E-state index contributed by atoms with van der Waals surface area (Å²) in [5.74, 6) is -2.04. The molecule has 2 N–H and O–H groups in total. The number of phenolic OH excluding ortho intramolecular Hbond substituents is 1. The highest BCUT2D eigenvalue weighted by atomic mass is 19.1. The van der Waals surface area contributed by atoms with Crippen molar-refractivity contribution in [1.29, 1.82) is 5.26 Å². The standard InChI is InChI=1S/C24H19F2N3O/c1-13-8-18-17-4-2-3-5-21(17)28-23(18)24(22-19(25)10-16(30)11-20(22)26)29(13)15-7-6-14(9-15)12-27/h2-5,7,10-11,13,15,24,28,30H,8-9H2,1H3/t13-,15?,24-/m1/s1. The van der Waals surface area contributed by atoms with E-state index in [4.69, 9.17) is 0 Å². The van der Waals surface area contributed by atoms with Crippen LogP contribution in [0.2, 0.25) is 0 Å². The highest BCUT2D eigenvalue weighted by molar-refractivity contribution is 5.85. The number of benzene rings is 2. The lowest BCUT2D eigenvalue weighted by Crippen LogP contribution is -2.48. The maximum atomic E-state index is 15.1. The van der Waals surface area contributed by atoms with E-state index in [1.165, 1.54) is 0 Å². The summed E-state index contributed by atoms with van der Waals surface area (Å²) in [5.41, 5.74) is 6.11. The number of nitriles is 1. The number of aromatic amines is 1. The van der Waals surface area contributed by atoms with Crippen molar-refractivity contribution in [2.45, 2.75) is 37.9 Å². The fraction of sp³-hybridized carbons (Fsp3) is 0.250. The first kappa shape index (κ1) is 18.6. The minimum absolute atomic E-state index is 0.0320. The zero-order valence-corrected chi connectivity index (χ0v) is 16.3. The molecule has 1 aliphatic heterocycles. The van der Waals surface area contributed by atoms with Crippen molar-refractivity contribution in [2.75, 3.05) is 0 Å². The predicted molar refractivity (Wildman–Crippen MR) is 109 cm³/mol. The quantitative estimate of drug-likeness (QED) is 0.601. The summed E-state index contributed by atoms with van der Waals surface area (Å²) in [6.45, 7) is 2.03. The van der Waals surface area contributed by atoms with Gasteiger partial charge in [0.1, 0.15) is 23.5 Å². The molecule has 0 spiro atoms. The van der Waals surface area contributed by atoms with E-state index in [2.05, 4.69) is 16.8 Å². The first-order valence-electron chi connectivity index (χ1n) is 9.88. The third-order valence-corrected chi connectivity index (χ3v) is 6.15. The van der Waals surface area contributed by atoms with Crippen LogP contribution in [0.5, 0.6) is 5.75 Å². The number of hydrogen-bond acceptors (Lipinski definition) is 3. The number of aromatic hydroxyl groups is 1. The molecule has 3 atom stereocenters. The van der Waals surface area contributed by atoms with E-state index in [9.17, 15) is 10.4 Å². The predicted octanol–water partition coefficient (Wildman–Crippen LogP) is 4.87. The minimum atomic E-state index is -0.795. The van der Waals surface area contributed by atoms with Gasteiger partial charge in [-0.05, 0) is 31.1 Å². The molecule has 2 aliphatic rings. The molecular weight excluding hydrogens is 384 g/mol. The molecule has 30 heavy (non-hydrogen) atoms. The van der Waals surface area contributed by atoms with Gasteiger partial charge in [-0.1, -0.05) is 18.2 Å². The van der Waals surface area contributed by atoms with Gasteiger partial charge in [0.15, 0.2) is 0 Å². The number of nitrogens with zero attached hydrogens (tertiary/aromatic N) is 2. The Morgan fingerprint density at radius 3 is 2.63 bits per heavy atom. The topological polar surface area (TPSA) is 63.0 Å². The first-order valence-corrected chi connectivity index (χ1v) is 9.88. The van der Waals surface area contributed by atoms with Crippen LogP contribution in [0, 0.1) is 23.0 Å². The van der Waals surface area contributed by atoms with Gasteiger partial charge >= 0.3 is 0 Å². The maximum absolute atomic E-state index is 15.1. The summed E-state index contributed by atoms with van der Waals surface area (Å²) in [7, 11) is 0. The molecule has 150 valence electrons. The number of hydrogen-bond donors (Lipinski definition) is 2. The van der Waals surface area contributed by atoms with E-state index in [1.807, 2.05) is 42.2 Å². The number of halogens is 2. The Morgan fingerprint density at radius 2 is 1.93 bits per heavy atom. The second-order valence-electron chi connectivity index (χ2n) is 7.96. The van der Waals surface area contributed by atoms with Crippen molar-refractivity contribution < 1.29 is 13.9 Å². The molecule has 5 rings (SSSR count). The molecule has 3 aromatic rings. The molecule has 2 heterocycles. The van der Waals surface area contributed by atoms with E-state index in [0.29, 0.717) is 18.4 Å². The average molecular weight is 403 g/mol. The van der Waals surface area contributed by atoms with Crippen LogP contribution < -0.4 is 0 Å². The van der Waals surface area contributed by atoms with Gasteiger partial charge in [-0.3, -0.25) is 4.90 Å². The van der Waals surface area contributed by atoms with Gasteiger partial charge in [0.25, 0.3) is 0 Å². The van der Waals surface area contributed by atoms with Gasteiger partial charge in [-0.25, -0.2) is 8.78 Å². The summed E-state index contributed by atoms with van der Waals surface area (Å²) < 4.78 is 30.1. The molecule has 0 amide bonds. The lowest BCUT2D eigenvalue weighted by Gasteiger charge is -2.44. The van der Waals surface area contributed by atoms with Crippen LogP contribution in [0.25, 0.3) is 10.9 Å². The molecule has 6 heteroatoms. The average Bonchev–Trinajstić information content (AvgIpc) is 3.32. The van der Waals surface area contributed by atoms with Gasteiger partial charge in [-0.2, -0.15) is 5.26 Å². The molecule has 0 radical (unpaired) electrons. The Bertz CT molecular complexity index is 1260. The zero-order valence-electron chi connectivity index (χ0n) is 16.3. The molecule has 0 fully saturated rings. The molecule has 0 saturated carbocycles. The van der Waals surface area contributed by atoms with Crippen molar-refractivity contribution >= 4 is 10.9 Å². The fourth-order valence-electron chi connectivity index (χ4n) is 4.92. The second kappa shape index (κ2) is 6.84. The van der Waals surface area contributed by atoms with Gasteiger partial charge in [0.2, 0.25) is 0 Å². The van der Waals surface area contributed by atoms with Crippen molar-refractivity contribution in [3.63, 3.8) is 0 Å². The number of rotatable bonds is 2. The fourth-order valence-corrected chi connectivity index (χ4v) is 4.92. The second-order valence-corrected chi connectivity index (χ2v) is 7.96. The Kier molecular flexibility index (Phi) is 4.25. The van der Waals surface area contributed by atoms with Gasteiger partial charge < -0.3 is 10.1 Å². The smallest absolute Gasteiger partial charge is 0.135 e. The van der Waals surface area contributed by atoms with Crippen molar-refractivity contribution in [1.82, 2.24) is 9.88 Å². The number of fused-ring (bicyclic) bond motifs is 3. The first-order chi connectivity index (χ1) is 14.5. The molecule has 1 aromatic heterocycles. The van der Waals surface area contributed by atoms with Gasteiger partial charge in [0, 0.05) is 52.8 Å². The molecule has 1 unspecified atom stereocenters. The van der Waals surface area contributed by atoms with Crippen LogP contribution in [0.3, 0.4) is 0 Å². The molecule has 0 bridgehead atoms. The molecule has 1 aliphatic carbocycles. The monoisotopic (exact) mass is 403 g/mol. The Labute approximate surface area is 172 Å². The summed E-state index contributed by atoms with van der Waals surface area (Å²) in [4.78, 5) is 5.44. The third kappa shape index (κ3) is 2.75. The number of aromatic nitrogens is 1. The highest BCUT2D eigenvalue weighted by Crippen LogP contribution is 2.45. The zero-order chi connectivity index (χ0) is 21.0. The third-order valence-electron chi connectivity index (χ3n) is 6.15. The number of H-pyrrole nitrogens is 1. The van der Waals surface area contributed by atoms with Crippen LogP contribution in [0.15, 0.2) is 53.8 Å². The van der Waals surface area contributed by atoms with Gasteiger partial charge in [0.05, 0.1) is 11.6 Å². The highest BCUT2D eigenvalue weighted by Gasteiger charge is 2.42. The van der Waals surface area contributed by atoms with Crippen LogP contribution in [-0.4, -0.2) is 27.1 Å². The van der Waals surface area contributed by atoms with Crippen molar-refractivity contribution in [2.24, 2.45) is 0 Å². The largest absolute Gasteiger partial charge is 0.508 e. The molecule has 0 saturated heterocycles.